The number of hydrogen-bond donors (Lipinski definition) is 2. The van der Waals surface area contributed by atoms with Crippen LogP contribution in [0.4, 0.5) is 0 Å². The molecule has 1 rings (SSSR count). The number of amides is 1. The first-order valence-electron chi connectivity index (χ1n) is 5.68. The van der Waals surface area contributed by atoms with Crippen molar-refractivity contribution in [3.05, 3.63) is 0 Å². The highest BCUT2D eigenvalue weighted by Gasteiger charge is 2.37. The molecule has 0 aromatic heterocycles. The smallest absolute Gasteiger partial charge is 0.251 e. The Hall–Kier alpha value is -0.650. The van der Waals surface area contributed by atoms with Crippen LogP contribution in [0, 0.1) is 0 Å². The highest BCUT2D eigenvalue weighted by Crippen LogP contribution is 2.24. The average Bonchev–Trinajstić information content (AvgIpc) is 2.67. The minimum absolute atomic E-state index is 0.0883. The third-order valence-corrected chi connectivity index (χ3v) is 2.82. The molecule has 5 heteroatoms. The van der Waals surface area contributed by atoms with Crippen LogP contribution in [0.3, 0.4) is 0 Å². The van der Waals surface area contributed by atoms with E-state index >= 15 is 0 Å². The molecule has 0 spiro atoms. The molecule has 0 aliphatic carbocycles. The first kappa shape index (κ1) is 13.4. The van der Waals surface area contributed by atoms with Crippen LogP contribution >= 0.6 is 0 Å². The molecule has 16 heavy (non-hydrogen) atoms. The summed E-state index contributed by atoms with van der Waals surface area (Å²) < 4.78 is 10.2. The van der Waals surface area contributed by atoms with Crippen molar-refractivity contribution in [3.63, 3.8) is 0 Å². The van der Waals surface area contributed by atoms with E-state index < -0.39 is 11.7 Å². The van der Waals surface area contributed by atoms with Crippen molar-refractivity contribution in [2.24, 2.45) is 0 Å². The Bertz CT molecular complexity index is 226. The summed E-state index contributed by atoms with van der Waals surface area (Å²) in [4.78, 5) is 11.8. The van der Waals surface area contributed by atoms with Crippen LogP contribution < -0.4 is 5.32 Å². The fraction of sp³-hybridized carbons (Fsp3) is 0.909. The van der Waals surface area contributed by atoms with E-state index in [-0.39, 0.29) is 5.91 Å². The molecule has 1 saturated heterocycles. The van der Waals surface area contributed by atoms with Gasteiger partial charge in [0.1, 0.15) is 5.60 Å². The molecule has 94 valence electrons. The minimum atomic E-state index is -0.674. The van der Waals surface area contributed by atoms with Crippen molar-refractivity contribution in [1.29, 1.82) is 0 Å². The molecule has 1 amide bonds. The van der Waals surface area contributed by atoms with Crippen molar-refractivity contribution >= 4 is 5.91 Å². The van der Waals surface area contributed by atoms with Gasteiger partial charge in [0.15, 0.2) is 0 Å². The average molecular weight is 231 g/mol. The molecule has 0 aromatic carbocycles. The molecule has 5 nitrogen and oxygen atoms in total. The molecule has 2 atom stereocenters. The van der Waals surface area contributed by atoms with E-state index in [4.69, 9.17) is 9.47 Å². The lowest BCUT2D eigenvalue weighted by atomic mass is 10.0. The van der Waals surface area contributed by atoms with Gasteiger partial charge in [0, 0.05) is 20.3 Å². The van der Waals surface area contributed by atoms with Gasteiger partial charge >= 0.3 is 0 Å². The minimum Gasteiger partial charge on any atom is -0.391 e. The maximum atomic E-state index is 11.8. The Labute approximate surface area is 96.1 Å². The summed E-state index contributed by atoms with van der Waals surface area (Å²) >= 11 is 0. The van der Waals surface area contributed by atoms with Gasteiger partial charge in [0.05, 0.1) is 12.7 Å². The molecule has 0 saturated carbocycles. The molecule has 1 heterocycles. The van der Waals surface area contributed by atoms with E-state index in [1.807, 2.05) is 0 Å². The number of aliphatic hydroxyl groups is 1. The molecule has 0 radical (unpaired) electrons. The van der Waals surface area contributed by atoms with Crippen molar-refractivity contribution in [2.75, 3.05) is 26.9 Å². The number of methoxy groups -OCH3 is 1. The summed E-state index contributed by atoms with van der Waals surface area (Å²) in [6, 6.07) is 0. The summed E-state index contributed by atoms with van der Waals surface area (Å²) in [7, 11) is 1.54. The van der Waals surface area contributed by atoms with Crippen LogP contribution in [-0.4, -0.2) is 49.6 Å². The Kier molecular flexibility index (Phi) is 5.18. The number of carbonyl (C=O) groups is 1. The zero-order chi connectivity index (χ0) is 12.0. The van der Waals surface area contributed by atoms with Gasteiger partial charge in [0.2, 0.25) is 0 Å². The lowest BCUT2D eigenvalue weighted by molar-refractivity contribution is -0.139. The lowest BCUT2D eigenvalue weighted by Gasteiger charge is -2.22. The van der Waals surface area contributed by atoms with Crippen LogP contribution in [0.5, 0.6) is 0 Å². The Morgan fingerprint density at radius 2 is 2.44 bits per heavy atom. The standard InChI is InChI=1S/C11H21NO4/c1-11(5-3-7-16-11)10(14)12-6-4-9(13)8-15-2/h9,13H,3-8H2,1-2H3,(H,12,14). The number of aliphatic hydroxyl groups excluding tert-OH is 1. The topological polar surface area (TPSA) is 67.8 Å². The molecule has 0 aromatic rings. The second-order valence-corrected chi connectivity index (χ2v) is 4.34. The first-order valence-corrected chi connectivity index (χ1v) is 5.68. The highest BCUT2D eigenvalue weighted by atomic mass is 16.5. The molecular formula is C11H21NO4. The highest BCUT2D eigenvalue weighted by molar-refractivity contribution is 5.84. The van der Waals surface area contributed by atoms with Crippen molar-refractivity contribution in [3.8, 4) is 0 Å². The second kappa shape index (κ2) is 6.18. The van der Waals surface area contributed by atoms with Gasteiger partial charge in [-0.3, -0.25) is 4.79 Å². The van der Waals surface area contributed by atoms with E-state index in [9.17, 15) is 9.90 Å². The van der Waals surface area contributed by atoms with Gasteiger partial charge in [-0.05, 0) is 26.2 Å². The predicted molar refractivity (Wildman–Crippen MR) is 59.1 cm³/mol. The Morgan fingerprint density at radius 1 is 1.69 bits per heavy atom. The number of ether oxygens (including phenoxy) is 2. The van der Waals surface area contributed by atoms with Gasteiger partial charge in [-0.2, -0.15) is 0 Å². The fourth-order valence-corrected chi connectivity index (χ4v) is 1.77. The fourth-order valence-electron chi connectivity index (χ4n) is 1.77. The molecule has 0 bridgehead atoms. The number of nitrogens with one attached hydrogen (secondary N) is 1. The Balaban J connectivity index is 2.19. The summed E-state index contributed by atoms with van der Waals surface area (Å²) in [5.41, 5.74) is -0.674. The van der Waals surface area contributed by atoms with E-state index in [1.165, 1.54) is 7.11 Å². The van der Waals surface area contributed by atoms with Crippen LogP contribution in [0.2, 0.25) is 0 Å². The van der Waals surface area contributed by atoms with E-state index in [1.54, 1.807) is 6.92 Å². The van der Waals surface area contributed by atoms with Crippen LogP contribution in [0.15, 0.2) is 0 Å². The third-order valence-electron chi connectivity index (χ3n) is 2.82. The lowest BCUT2D eigenvalue weighted by Crippen LogP contribution is -2.44. The summed E-state index contributed by atoms with van der Waals surface area (Å²) in [5, 5.41) is 12.2. The number of rotatable bonds is 6. The number of hydrogen-bond acceptors (Lipinski definition) is 4. The van der Waals surface area contributed by atoms with Crippen LogP contribution in [0.25, 0.3) is 0 Å². The largest absolute Gasteiger partial charge is 0.391 e. The normalized spacial score (nSPS) is 26.7. The summed E-state index contributed by atoms with van der Waals surface area (Å²) in [6.07, 6.45) is 1.66. The Morgan fingerprint density at radius 3 is 3.00 bits per heavy atom. The molecular weight excluding hydrogens is 210 g/mol. The monoisotopic (exact) mass is 231 g/mol. The second-order valence-electron chi connectivity index (χ2n) is 4.34. The quantitative estimate of drug-likeness (QED) is 0.679. The molecule has 1 aliphatic rings. The molecule has 1 aliphatic heterocycles. The third kappa shape index (κ3) is 3.73. The summed E-state index contributed by atoms with van der Waals surface area (Å²) in [5.74, 6) is -0.0883. The van der Waals surface area contributed by atoms with Gasteiger partial charge in [-0.1, -0.05) is 0 Å². The molecule has 2 N–H and O–H groups in total. The molecule has 1 fully saturated rings. The zero-order valence-electron chi connectivity index (χ0n) is 9.99. The predicted octanol–water partition coefficient (Wildman–Crippen LogP) is 0.0691. The van der Waals surface area contributed by atoms with Crippen LogP contribution in [0.1, 0.15) is 26.2 Å². The maximum absolute atomic E-state index is 11.8. The van der Waals surface area contributed by atoms with Crippen LogP contribution in [-0.2, 0) is 14.3 Å². The van der Waals surface area contributed by atoms with E-state index in [2.05, 4.69) is 5.32 Å². The van der Waals surface area contributed by atoms with Gasteiger partial charge in [-0.15, -0.1) is 0 Å². The first-order chi connectivity index (χ1) is 7.58. The van der Waals surface area contributed by atoms with E-state index in [0.29, 0.717) is 26.2 Å². The van der Waals surface area contributed by atoms with Crippen molar-refractivity contribution < 1.29 is 19.4 Å². The van der Waals surface area contributed by atoms with Gasteiger partial charge in [0.25, 0.3) is 5.91 Å². The number of carbonyl (C=O) groups excluding carboxylic acids is 1. The van der Waals surface area contributed by atoms with E-state index in [0.717, 1.165) is 12.8 Å². The zero-order valence-corrected chi connectivity index (χ0v) is 9.99. The SMILES string of the molecule is COCC(O)CCNC(=O)C1(C)CCCO1. The summed E-state index contributed by atoms with van der Waals surface area (Å²) in [6.45, 7) is 3.20. The van der Waals surface area contributed by atoms with Gasteiger partial charge in [-0.25, -0.2) is 0 Å². The van der Waals surface area contributed by atoms with Crippen molar-refractivity contribution in [1.82, 2.24) is 5.32 Å². The van der Waals surface area contributed by atoms with Crippen molar-refractivity contribution in [2.45, 2.75) is 37.9 Å². The molecule has 2 unspecified atom stereocenters. The maximum Gasteiger partial charge on any atom is 0.251 e. The van der Waals surface area contributed by atoms with Gasteiger partial charge < -0.3 is 19.9 Å².